The number of hydrogen-bond acceptors (Lipinski definition) is 5. The van der Waals surface area contributed by atoms with Gasteiger partial charge >= 0.3 is 30.4 Å². The van der Waals surface area contributed by atoms with Crippen LogP contribution in [0.15, 0.2) is 66.7 Å². The quantitative estimate of drug-likeness (QED) is 0.170. The van der Waals surface area contributed by atoms with E-state index in [0.29, 0.717) is 81.6 Å². The Morgan fingerprint density at radius 2 is 1.45 bits per heavy atom. The number of aromatic nitrogens is 2. The van der Waals surface area contributed by atoms with Crippen LogP contribution in [-0.4, -0.2) is 86.3 Å². The van der Waals surface area contributed by atoms with Crippen LogP contribution in [0.25, 0.3) is 11.0 Å². The molecular formula is C38H39F6N7O4. The van der Waals surface area contributed by atoms with Crippen LogP contribution in [-0.2, 0) is 30.0 Å². The van der Waals surface area contributed by atoms with Gasteiger partial charge in [-0.3, -0.25) is 10.2 Å². The number of aliphatic carboxylic acids is 1. The summed E-state index contributed by atoms with van der Waals surface area (Å²) in [5.74, 6) is -3.02. The van der Waals surface area contributed by atoms with Gasteiger partial charge < -0.3 is 24.8 Å². The van der Waals surface area contributed by atoms with Gasteiger partial charge in [-0.25, -0.2) is 19.6 Å². The zero-order valence-electron chi connectivity index (χ0n) is 29.5. The van der Waals surface area contributed by atoms with Crippen LogP contribution in [0.1, 0.15) is 65.7 Å². The SMILES string of the molecule is O=C(O)C(Cc1cc(C(F)(F)F)cc(C(F)(F)F)c1)c1nc2ccccc2n1C1CCN(C(=O)NN2CCC(N3CCc4ccccc4NC3=O)CC2)CC1. The number of para-hydroxylation sites is 3. The van der Waals surface area contributed by atoms with Crippen molar-refractivity contribution in [2.75, 3.05) is 38.0 Å². The summed E-state index contributed by atoms with van der Waals surface area (Å²) in [4.78, 5) is 47.2. The van der Waals surface area contributed by atoms with Crippen molar-refractivity contribution < 1.29 is 45.8 Å². The lowest BCUT2D eigenvalue weighted by atomic mass is 9.94. The van der Waals surface area contributed by atoms with Crippen molar-refractivity contribution >= 4 is 34.8 Å². The second-order valence-electron chi connectivity index (χ2n) is 14.2. The minimum atomic E-state index is -5.09. The monoisotopic (exact) mass is 771 g/mol. The molecular weight excluding hydrogens is 732 g/mol. The first-order valence-corrected chi connectivity index (χ1v) is 18.1. The second kappa shape index (κ2) is 15.1. The highest BCUT2D eigenvalue weighted by Gasteiger charge is 2.39. The lowest BCUT2D eigenvalue weighted by Gasteiger charge is -2.39. The van der Waals surface area contributed by atoms with Crippen molar-refractivity contribution in [3.05, 3.63) is 94.8 Å². The molecule has 0 aliphatic carbocycles. The van der Waals surface area contributed by atoms with Crippen LogP contribution in [0.2, 0.25) is 0 Å². The standard InChI is InChI=1S/C38H39F6N7O4/c39-37(40,41)25-19-23(20-26(22-25)38(42,43)44)21-29(34(52)53)33-45-31-7-3-4-8-32(31)51(33)28-10-14-48(15-11-28)36(55)47-49-16-12-27(13-17-49)50-18-9-24-5-1-2-6-30(24)46-35(50)54/h1-8,19-20,22,27-29H,9-18,21H2,(H,46,54)(H,47,55)(H,52,53). The third kappa shape index (κ3) is 8.21. The molecule has 1 unspecified atom stereocenters. The van der Waals surface area contributed by atoms with E-state index in [0.717, 1.165) is 17.7 Å². The maximum atomic E-state index is 13.6. The fourth-order valence-corrected chi connectivity index (χ4v) is 7.92. The lowest BCUT2D eigenvalue weighted by Crippen LogP contribution is -2.56. The first-order valence-electron chi connectivity index (χ1n) is 18.1. The number of rotatable bonds is 7. The largest absolute Gasteiger partial charge is 0.481 e. The van der Waals surface area contributed by atoms with E-state index in [2.05, 4.69) is 15.7 Å². The number of fused-ring (bicyclic) bond motifs is 2. The van der Waals surface area contributed by atoms with Gasteiger partial charge in [0.1, 0.15) is 11.7 Å². The molecule has 1 aromatic heterocycles. The first-order chi connectivity index (χ1) is 26.2. The first kappa shape index (κ1) is 38.0. The van der Waals surface area contributed by atoms with Crippen molar-refractivity contribution in [2.24, 2.45) is 0 Å². The van der Waals surface area contributed by atoms with Crippen molar-refractivity contribution in [3.63, 3.8) is 0 Å². The third-order valence-electron chi connectivity index (χ3n) is 10.7. The van der Waals surface area contributed by atoms with Gasteiger partial charge in [0.25, 0.3) is 0 Å². The molecule has 3 aliphatic rings. The van der Waals surface area contributed by atoms with Crippen molar-refractivity contribution in [1.82, 2.24) is 29.8 Å². The molecule has 7 rings (SSSR count). The molecule has 17 heteroatoms. The van der Waals surface area contributed by atoms with Gasteiger partial charge in [-0.2, -0.15) is 26.3 Å². The Morgan fingerprint density at radius 1 is 0.836 bits per heavy atom. The number of hydrogen-bond donors (Lipinski definition) is 3. The average molecular weight is 772 g/mol. The number of nitrogens with one attached hydrogen (secondary N) is 2. The smallest absolute Gasteiger partial charge is 0.416 e. The highest BCUT2D eigenvalue weighted by molar-refractivity contribution is 5.91. The second-order valence-corrected chi connectivity index (χ2v) is 14.2. The number of carbonyl (C=O) groups excluding carboxylic acids is 2. The Hall–Kier alpha value is -5.32. The van der Waals surface area contributed by atoms with Crippen molar-refractivity contribution in [2.45, 2.75) is 68.9 Å². The fourth-order valence-electron chi connectivity index (χ4n) is 7.92. The molecule has 1 atom stereocenters. The molecule has 3 N–H and O–H groups in total. The predicted molar refractivity (Wildman–Crippen MR) is 189 cm³/mol. The maximum absolute atomic E-state index is 13.6. The topological polar surface area (TPSA) is 123 Å². The normalized spacial score (nSPS) is 18.5. The van der Waals surface area contributed by atoms with Crippen LogP contribution in [0.4, 0.5) is 41.6 Å². The predicted octanol–water partition coefficient (Wildman–Crippen LogP) is 7.30. The Kier molecular flexibility index (Phi) is 10.4. The number of nitrogens with zero attached hydrogens (tertiary/aromatic N) is 5. The molecule has 4 amide bonds. The molecule has 2 fully saturated rings. The highest BCUT2D eigenvalue weighted by Crippen LogP contribution is 2.39. The van der Waals surface area contributed by atoms with Crippen LogP contribution >= 0.6 is 0 Å². The van der Waals surface area contributed by atoms with E-state index in [-0.39, 0.29) is 36.0 Å². The number of alkyl halides is 6. The molecule has 292 valence electrons. The molecule has 0 bridgehead atoms. The summed E-state index contributed by atoms with van der Waals surface area (Å²) in [6.45, 7) is 2.28. The van der Waals surface area contributed by atoms with Crippen LogP contribution in [0.3, 0.4) is 0 Å². The maximum Gasteiger partial charge on any atom is 0.416 e. The van der Waals surface area contributed by atoms with Crippen LogP contribution in [0, 0.1) is 0 Å². The van der Waals surface area contributed by atoms with Crippen molar-refractivity contribution in [3.8, 4) is 0 Å². The molecule has 0 spiro atoms. The van der Waals surface area contributed by atoms with E-state index >= 15 is 0 Å². The lowest BCUT2D eigenvalue weighted by molar-refractivity contribution is -0.143. The van der Waals surface area contributed by atoms with Crippen LogP contribution in [0.5, 0.6) is 0 Å². The summed E-state index contributed by atoms with van der Waals surface area (Å²) in [6.07, 6.45) is -7.97. The highest BCUT2D eigenvalue weighted by atomic mass is 19.4. The zero-order chi connectivity index (χ0) is 39.1. The minimum Gasteiger partial charge on any atom is -0.481 e. The van der Waals surface area contributed by atoms with E-state index in [1.54, 1.807) is 33.7 Å². The molecule has 2 saturated heterocycles. The Balaban J connectivity index is 1.01. The number of carbonyl (C=O) groups is 3. The van der Waals surface area contributed by atoms with Crippen LogP contribution < -0.4 is 10.7 Å². The number of anilines is 1. The summed E-state index contributed by atoms with van der Waals surface area (Å²) in [5, 5.41) is 15.2. The Bertz CT molecular complexity index is 2040. The third-order valence-corrected chi connectivity index (χ3v) is 10.7. The van der Waals surface area contributed by atoms with E-state index < -0.39 is 47.4 Å². The minimum absolute atomic E-state index is 0.00686. The van der Waals surface area contributed by atoms with E-state index in [1.807, 2.05) is 34.2 Å². The molecule has 3 aliphatic heterocycles. The Labute approximate surface area is 311 Å². The number of carboxylic acids is 1. The van der Waals surface area contributed by atoms with Gasteiger partial charge in [-0.1, -0.05) is 30.3 Å². The average Bonchev–Trinajstić information content (AvgIpc) is 3.44. The van der Waals surface area contributed by atoms with Gasteiger partial charge in [0.15, 0.2) is 0 Å². The van der Waals surface area contributed by atoms with E-state index in [1.165, 1.54) is 0 Å². The molecule has 0 saturated carbocycles. The molecule has 4 aromatic rings. The van der Waals surface area contributed by atoms with E-state index in [4.69, 9.17) is 0 Å². The summed E-state index contributed by atoms with van der Waals surface area (Å²) >= 11 is 0. The summed E-state index contributed by atoms with van der Waals surface area (Å²) in [5.41, 5.74) is 2.38. The number of carboxylic acid groups (broad SMARTS) is 1. The van der Waals surface area contributed by atoms with E-state index in [9.17, 15) is 45.8 Å². The number of amides is 4. The van der Waals surface area contributed by atoms with Gasteiger partial charge in [-0.15, -0.1) is 0 Å². The van der Waals surface area contributed by atoms with Gasteiger partial charge in [0, 0.05) is 50.5 Å². The molecule has 3 aromatic carbocycles. The summed E-state index contributed by atoms with van der Waals surface area (Å²) < 4.78 is 83.4. The zero-order valence-corrected chi connectivity index (χ0v) is 29.5. The number of hydrazine groups is 1. The number of benzene rings is 3. The number of imidazole rings is 1. The molecule has 11 nitrogen and oxygen atoms in total. The van der Waals surface area contributed by atoms with Gasteiger partial charge in [0.2, 0.25) is 0 Å². The number of piperidine rings is 2. The van der Waals surface area contributed by atoms with Crippen molar-refractivity contribution in [1.29, 1.82) is 0 Å². The number of likely N-dealkylation sites (tertiary alicyclic amines) is 1. The number of urea groups is 2. The summed E-state index contributed by atoms with van der Waals surface area (Å²) in [6, 6.07) is 14.9. The molecule has 4 heterocycles. The molecule has 55 heavy (non-hydrogen) atoms. The Morgan fingerprint density at radius 3 is 2.11 bits per heavy atom. The summed E-state index contributed by atoms with van der Waals surface area (Å²) in [7, 11) is 0. The fraction of sp³-hybridized carbons (Fsp3) is 0.421. The number of halogens is 6. The van der Waals surface area contributed by atoms with Gasteiger partial charge in [0.05, 0.1) is 22.2 Å². The van der Waals surface area contributed by atoms with Gasteiger partial charge in [-0.05, 0) is 86.1 Å². The molecule has 0 radical (unpaired) electrons.